The maximum atomic E-state index is 12.3. The minimum Gasteiger partial charge on any atom is -0.396 e. The molecule has 0 radical (unpaired) electrons. The first kappa shape index (κ1) is 15.8. The smallest absolute Gasteiger partial charge is 0.315 e. The molecule has 3 fully saturated rings. The molecule has 0 aromatic carbocycles. The molecule has 2 bridgehead atoms. The summed E-state index contributed by atoms with van der Waals surface area (Å²) >= 11 is 0. The van der Waals surface area contributed by atoms with Crippen LogP contribution >= 0.6 is 0 Å². The van der Waals surface area contributed by atoms with E-state index >= 15 is 0 Å². The molecule has 22 heavy (non-hydrogen) atoms. The summed E-state index contributed by atoms with van der Waals surface area (Å²) in [5.41, 5.74) is 0. The molecule has 5 nitrogen and oxygen atoms in total. The molecular formula is C17H29N3O2. The molecule has 2 saturated carbocycles. The van der Waals surface area contributed by atoms with Gasteiger partial charge in [-0.05, 0) is 43.9 Å². The van der Waals surface area contributed by atoms with E-state index in [1.165, 1.54) is 19.3 Å². The van der Waals surface area contributed by atoms with E-state index in [4.69, 9.17) is 0 Å². The van der Waals surface area contributed by atoms with Gasteiger partial charge in [0, 0.05) is 44.2 Å². The maximum absolute atomic E-state index is 12.3. The highest BCUT2D eigenvalue weighted by Gasteiger charge is 2.47. The van der Waals surface area contributed by atoms with Gasteiger partial charge in [0.05, 0.1) is 0 Å². The highest BCUT2D eigenvalue weighted by Crippen LogP contribution is 2.48. The van der Waals surface area contributed by atoms with Gasteiger partial charge in [-0.3, -0.25) is 4.90 Å². The van der Waals surface area contributed by atoms with Crippen molar-refractivity contribution in [3.63, 3.8) is 0 Å². The molecule has 0 spiro atoms. The van der Waals surface area contributed by atoms with Crippen LogP contribution in [0.4, 0.5) is 4.79 Å². The summed E-state index contributed by atoms with van der Waals surface area (Å²) in [6.45, 7) is 6.94. The van der Waals surface area contributed by atoms with Crippen molar-refractivity contribution >= 4 is 6.03 Å². The molecule has 3 aliphatic rings. The Kier molecular flexibility index (Phi) is 5.03. The SMILES string of the molecule is C=CCN1CCC(NC(=O)NC2C3CCC(C3)C2CO)CC1. The number of amides is 2. The number of aliphatic hydroxyl groups excluding tert-OH is 1. The van der Waals surface area contributed by atoms with Gasteiger partial charge in [-0.1, -0.05) is 6.08 Å². The third-order valence-electron chi connectivity index (χ3n) is 5.91. The Morgan fingerprint density at radius 1 is 1.18 bits per heavy atom. The number of nitrogens with one attached hydrogen (secondary N) is 2. The summed E-state index contributed by atoms with van der Waals surface area (Å²) in [7, 11) is 0. The number of hydrogen-bond acceptors (Lipinski definition) is 3. The van der Waals surface area contributed by atoms with Crippen molar-refractivity contribution < 1.29 is 9.90 Å². The van der Waals surface area contributed by atoms with Crippen molar-refractivity contribution in [2.24, 2.45) is 17.8 Å². The van der Waals surface area contributed by atoms with E-state index in [9.17, 15) is 9.90 Å². The molecule has 0 aromatic heterocycles. The van der Waals surface area contributed by atoms with Crippen LogP contribution < -0.4 is 10.6 Å². The van der Waals surface area contributed by atoms with Gasteiger partial charge in [0.1, 0.15) is 0 Å². The van der Waals surface area contributed by atoms with Gasteiger partial charge >= 0.3 is 6.03 Å². The molecular weight excluding hydrogens is 278 g/mol. The Balaban J connectivity index is 1.44. The molecule has 1 aliphatic heterocycles. The molecule has 5 heteroatoms. The van der Waals surface area contributed by atoms with Crippen molar-refractivity contribution in [1.82, 2.24) is 15.5 Å². The number of urea groups is 1. The Hall–Kier alpha value is -1.07. The van der Waals surface area contributed by atoms with E-state index in [2.05, 4.69) is 22.1 Å². The van der Waals surface area contributed by atoms with Crippen molar-refractivity contribution in [2.75, 3.05) is 26.2 Å². The van der Waals surface area contributed by atoms with Crippen LogP contribution in [-0.2, 0) is 0 Å². The summed E-state index contributed by atoms with van der Waals surface area (Å²) < 4.78 is 0. The van der Waals surface area contributed by atoms with Crippen LogP contribution in [0, 0.1) is 17.8 Å². The van der Waals surface area contributed by atoms with E-state index in [-0.39, 0.29) is 30.6 Å². The fraction of sp³-hybridized carbons (Fsp3) is 0.824. The average Bonchev–Trinajstić information content (AvgIpc) is 3.10. The Morgan fingerprint density at radius 3 is 2.59 bits per heavy atom. The predicted molar refractivity (Wildman–Crippen MR) is 86.5 cm³/mol. The fourth-order valence-corrected chi connectivity index (χ4v) is 4.72. The van der Waals surface area contributed by atoms with Gasteiger partial charge in [-0.2, -0.15) is 0 Å². The van der Waals surface area contributed by atoms with Crippen molar-refractivity contribution in [3.05, 3.63) is 12.7 Å². The van der Waals surface area contributed by atoms with Crippen molar-refractivity contribution in [2.45, 2.75) is 44.2 Å². The third-order valence-corrected chi connectivity index (χ3v) is 5.91. The molecule has 4 unspecified atom stereocenters. The van der Waals surface area contributed by atoms with Gasteiger partial charge in [0.15, 0.2) is 0 Å². The minimum atomic E-state index is -0.0434. The summed E-state index contributed by atoms with van der Waals surface area (Å²) in [4.78, 5) is 14.6. The van der Waals surface area contributed by atoms with Crippen molar-refractivity contribution in [3.8, 4) is 0 Å². The lowest BCUT2D eigenvalue weighted by Gasteiger charge is -2.33. The maximum Gasteiger partial charge on any atom is 0.315 e. The number of likely N-dealkylation sites (tertiary alicyclic amines) is 1. The standard InChI is InChI=1S/C17H29N3O2/c1-2-7-20-8-5-14(6-9-20)18-17(22)19-16-13-4-3-12(10-13)15(16)11-21/h2,12-16,21H,1,3-11H2,(H2,18,19,22). The molecule has 2 amide bonds. The summed E-state index contributed by atoms with van der Waals surface area (Å²) in [6, 6.07) is 0.398. The summed E-state index contributed by atoms with van der Waals surface area (Å²) in [5, 5.41) is 15.9. The lowest BCUT2D eigenvalue weighted by atomic mass is 9.85. The monoisotopic (exact) mass is 307 g/mol. The van der Waals surface area contributed by atoms with Gasteiger partial charge < -0.3 is 15.7 Å². The highest BCUT2D eigenvalue weighted by molar-refractivity contribution is 5.74. The topological polar surface area (TPSA) is 64.6 Å². The normalized spacial score (nSPS) is 35.5. The van der Waals surface area contributed by atoms with Gasteiger partial charge in [0.25, 0.3) is 0 Å². The molecule has 124 valence electrons. The van der Waals surface area contributed by atoms with Crippen LogP contribution in [0.1, 0.15) is 32.1 Å². The molecule has 0 aromatic rings. The third kappa shape index (κ3) is 3.30. The number of hydrogen-bond donors (Lipinski definition) is 3. The van der Waals surface area contributed by atoms with E-state index in [1.54, 1.807) is 0 Å². The van der Waals surface area contributed by atoms with Crippen LogP contribution in [-0.4, -0.2) is 54.4 Å². The second-order valence-electron chi connectivity index (χ2n) is 7.19. The second-order valence-corrected chi connectivity index (χ2v) is 7.19. The number of fused-ring (bicyclic) bond motifs is 2. The van der Waals surface area contributed by atoms with Crippen LogP contribution in [0.25, 0.3) is 0 Å². The van der Waals surface area contributed by atoms with E-state index in [0.29, 0.717) is 11.8 Å². The number of carbonyl (C=O) groups excluding carboxylic acids is 1. The summed E-state index contributed by atoms with van der Waals surface area (Å²) in [5.74, 6) is 1.45. The zero-order valence-corrected chi connectivity index (χ0v) is 13.3. The largest absolute Gasteiger partial charge is 0.396 e. The van der Waals surface area contributed by atoms with E-state index in [1.807, 2.05) is 6.08 Å². The zero-order chi connectivity index (χ0) is 15.5. The lowest BCUT2D eigenvalue weighted by molar-refractivity contribution is 0.142. The molecule has 3 N–H and O–H groups in total. The Bertz CT molecular complexity index is 407. The first-order chi connectivity index (χ1) is 10.7. The Labute approximate surface area is 133 Å². The first-order valence-corrected chi connectivity index (χ1v) is 8.72. The van der Waals surface area contributed by atoms with Crippen LogP contribution in [0.2, 0.25) is 0 Å². The number of carbonyl (C=O) groups is 1. The number of aliphatic hydroxyl groups is 1. The molecule has 1 saturated heterocycles. The van der Waals surface area contributed by atoms with E-state index < -0.39 is 0 Å². The lowest BCUT2D eigenvalue weighted by Crippen LogP contribution is -2.53. The average molecular weight is 307 g/mol. The predicted octanol–water partition coefficient (Wildman–Crippen LogP) is 1.34. The van der Waals surface area contributed by atoms with Crippen LogP contribution in [0.3, 0.4) is 0 Å². The zero-order valence-electron chi connectivity index (χ0n) is 13.3. The Morgan fingerprint density at radius 2 is 1.91 bits per heavy atom. The van der Waals surface area contributed by atoms with Crippen molar-refractivity contribution in [1.29, 1.82) is 0 Å². The number of piperidine rings is 1. The molecule has 3 rings (SSSR count). The van der Waals surface area contributed by atoms with Gasteiger partial charge in [-0.25, -0.2) is 4.79 Å². The van der Waals surface area contributed by atoms with E-state index in [0.717, 1.165) is 32.5 Å². The summed E-state index contributed by atoms with van der Waals surface area (Å²) in [6.07, 6.45) is 7.53. The van der Waals surface area contributed by atoms with Gasteiger partial charge in [-0.15, -0.1) is 6.58 Å². The number of rotatable bonds is 5. The van der Waals surface area contributed by atoms with Crippen LogP contribution in [0.5, 0.6) is 0 Å². The molecule has 4 atom stereocenters. The second kappa shape index (κ2) is 7.01. The molecule has 2 aliphatic carbocycles. The van der Waals surface area contributed by atoms with Crippen LogP contribution in [0.15, 0.2) is 12.7 Å². The molecule has 1 heterocycles. The fourth-order valence-electron chi connectivity index (χ4n) is 4.72. The minimum absolute atomic E-state index is 0.0434. The number of nitrogens with zero attached hydrogens (tertiary/aromatic N) is 1. The first-order valence-electron chi connectivity index (χ1n) is 8.72. The quantitative estimate of drug-likeness (QED) is 0.672. The highest BCUT2D eigenvalue weighted by atomic mass is 16.3. The van der Waals surface area contributed by atoms with Gasteiger partial charge in [0.2, 0.25) is 0 Å².